The minimum Gasteiger partial charge on any atom is -0.497 e. The number of nitrogens with zero attached hydrogens (tertiary/aromatic N) is 1. The molecule has 0 saturated carbocycles. The molecule has 24 heavy (non-hydrogen) atoms. The number of thiazole rings is 1. The molecule has 1 amide bonds. The first-order valence-electron chi connectivity index (χ1n) is 7.56. The Morgan fingerprint density at radius 2 is 1.71 bits per heavy atom. The largest absolute Gasteiger partial charge is 0.497 e. The number of methoxy groups -OCH3 is 1. The van der Waals surface area contributed by atoms with E-state index in [0.717, 1.165) is 21.9 Å². The first kappa shape index (κ1) is 16.2. The van der Waals surface area contributed by atoms with Gasteiger partial charge in [-0.1, -0.05) is 29.8 Å². The Labute approximate surface area is 145 Å². The summed E-state index contributed by atoms with van der Waals surface area (Å²) in [6, 6.07) is 15.2. The van der Waals surface area contributed by atoms with Gasteiger partial charge in [0.1, 0.15) is 5.75 Å². The lowest BCUT2D eigenvalue weighted by molar-refractivity contribution is 0.102. The van der Waals surface area contributed by atoms with Crippen molar-refractivity contribution in [3.8, 4) is 17.0 Å². The van der Waals surface area contributed by atoms with Gasteiger partial charge in [0.15, 0.2) is 5.13 Å². The van der Waals surface area contributed by atoms with Crippen molar-refractivity contribution in [2.24, 2.45) is 0 Å². The highest BCUT2D eigenvalue weighted by molar-refractivity contribution is 7.16. The van der Waals surface area contributed by atoms with E-state index >= 15 is 0 Å². The Kier molecular flexibility index (Phi) is 4.62. The molecule has 0 radical (unpaired) electrons. The highest BCUT2D eigenvalue weighted by Gasteiger charge is 2.13. The number of carbonyl (C=O) groups excluding carboxylic acids is 1. The van der Waals surface area contributed by atoms with Crippen LogP contribution in [0.2, 0.25) is 0 Å². The SMILES string of the molecule is COc1ccc(C(=O)Nc2nc(-c3ccc(C)cc3)c(C)s2)cc1. The molecule has 0 fully saturated rings. The van der Waals surface area contributed by atoms with Crippen molar-refractivity contribution in [2.45, 2.75) is 13.8 Å². The molecule has 0 aliphatic carbocycles. The van der Waals surface area contributed by atoms with Crippen LogP contribution in [0.15, 0.2) is 48.5 Å². The van der Waals surface area contributed by atoms with E-state index in [1.807, 2.05) is 19.1 Å². The molecule has 0 atom stereocenters. The van der Waals surface area contributed by atoms with E-state index in [4.69, 9.17) is 4.74 Å². The van der Waals surface area contributed by atoms with Crippen LogP contribution in [0.1, 0.15) is 20.8 Å². The predicted molar refractivity (Wildman–Crippen MR) is 98.0 cm³/mol. The molecule has 4 nitrogen and oxygen atoms in total. The van der Waals surface area contributed by atoms with Crippen molar-refractivity contribution in [3.05, 3.63) is 64.5 Å². The molecule has 3 rings (SSSR count). The molecule has 0 bridgehead atoms. The number of carbonyl (C=O) groups is 1. The van der Waals surface area contributed by atoms with Gasteiger partial charge in [0.2, 0.25) is 0 Å². The summed E-state index contributed by atoms with van der Waals surface area (Å²) in [5.41, 5.74) is 3.74. The Balaban J connectivity index is 1.79. The zero-order valence-electron chi connectivity index (χ0n) is 13.8. The van der Waals surface area contributed by atoms with Gasteiger partial charge < -0.3 is 4.74 Å². The van der Waals surface area contributed by atoms with Crippen molar-refractivity contribution in [1.82, 2.24) is 4.98 Å². The first-order chi connectivity index (χ1) is 11.6. The molecule has 1 heterocycles. The smallest absolute Gasteiger partial charge is 0.257 e. The van der Waals surface area contributed by atoms with Crippen LogP contribution >= 0.6 is 11.3 Å². The summed E-state index contributed by atoms with van der Waals surface area (Å²) >= 11 is 1.48. The third kappa shape index (κ3) is 3.46. The summed E-state index contributed by atoms with van der Waals surface area (Å²) in [7, 11) is 1.60. The van der Waals surface area contributed by atoms with Gasteiger partial charge in [0, 0.05) is 16.0 Å². The molecule has 0 saturated heterocycles. The van der Waals surface area contributed by atoms with Crippen LogP contribution < -0.4 is 10.1 Å². The van der Waals surface area contributed by atoms with Crippen LogP contribution in [-0.2, 0) is 0 Å². The Morgan fingerprint density at radius 3 is 2.33 bits per heavy atom. The second-order valence-electron chi connectivity index (χ2n) is 5.47. The average molecular weight is 338 g/mol. The molecule has 1 N–H and O–H groups in total. The fourth-order valence-corrected chi connectivity index (χ4v) is 3.17. The Morgan fingerprint density at radius 1 is 1.04 bits per heavy atom. The zero-order chi connectivity index (χ0) is 17.1. The lowest BCUT2D eigenvalue weighted by atomic mass is 10.1. The van der Waals surface area contributed by atoms with Gasteiger partial charge in [0.05, 0.1) is 12.8 Å². The minimum absolute atomic E-state index is 0.179. The molecule has 0 aliphatic rings. The number of nitrogens with one attached hydrogen (secondary N) is 1. The van der Waals surface area contributed by atoms with E-state index < -0.39 is 0 Å². The van der Waals surface area contributed by atoms with E-state index in [0.29, 0.717) is 10.7 Å². The van der Waals surface area contributed by atoms with Crippen LogP contribution in [-0.4, -0.2) is 18.0 Å². The first-order valence-corrected chi connectivity index (χ1v) is 8.38. The highest BCUT2D eigenvalue weighted by atomic mass is 32.1. The second-order valence-corrected chi connectivity index (χ2v) is 6.68. The monoisotopic (exact) mass is 338 g/mol. The second kappa shape index (κ2) is 6.84. The number of hydrogen-bond donors (Lipinski definition) is 1. The van der Waals surface area contributed by atoms with E-state index in [9.17, 15) is 4.79 Å². The maximum atomic E-state index is 12.3. The van der Waals surface area contributed by atoms with Gasteiger partial charge in [-0.25, -0.2) is 4.98 Å². The van der Waals surface area contributed by atoms with Crippen molar-refractivity contribution >= 4 is 22.4 Å². The third-order valence-electron chi connectivity index (χ3n) is 3.69. The lowest BCUT2D eigenvalue weighted by Crippen LogP contribution is -2.11. The van der Waals surface area contributed by atoms with E-state index in [1.165, 1.54) is 16.9 Å². The van der Waals surface area contributed by atoms with Crippen molar-refractivity contribution in [2.75, 3.05) is 12.4 Å². The standard InChI is InChI=1S/C19H18N2O2S/c1-12-4-6-14(7-5-12)17-13(2)24-19(20-17)21-18(22)15-8-10-16(23-3)11-9-15/h4-11H,1-3H3,(H,20,21,22). The fourth-order valence-electron chi connectivity index (χ4n) is 2.34. The number of aromatic nitrogens is 1. The van der Waals surface area contributed by atoms with Gasteiger partial charge in [-0.15, -0.1) is 11.3 Å². The zero-order valence-corrected chi connectivity index (χ0v) is 14.6. The summed E-state index contributed by atoms with van der Waals surface area (Å²) in [5.74, 6) is 0.542. The Hall–Kier alpha value is -2.66. The van der Waals surface area contributed by atoms with Crippen LogP contribution in [0.5, 0.6) is 5.75 Å². The normalized spacial score (nSPS) is 10.5. The maximum Gasteiger partial charge on any atom is 0.257 e. The molecule has 1 aromatic heterocycles. The molecule has 0 spiro atoms. The summed E-state index contributed by atoms with van der Waals surface area (Å²) in [6.45, 7) is 4.06. The summed E-state index contributed by atoms with van der Waals surface area (Å²) in [5, 5.41) is 3.47. The molecule has 0 aliphatic heterocycles. The number of benzene rings is 2. The number of rotatable bonds is 4. The number of anilines is 1. The van der Waals surface area contributed by atoms with E-state index in [1.54, 1.807) is 31.4 Å². The van der Waals surface area contributed by atoms with Gasteiger partial charge in [-0.05, 0) is 38.1 Å². The van der Waals surface area contributed by atoms with E-state index in [-0.39, 0.29) is 5.91 Å². The van der Waals surface area contributed by atoms with Gasteiger partial charge in [-0.3, -0.25) is 10.1 Å². The predicted octanol–water partition coefficient (Wildman–Crippen LogP) is 4.69. The lowest BCUT2D eigenvalue weighted by Gasteiger charge is -2.03. The summed E-state index contributed by atoms with van der Waals surface area (Å²) in [4.78, 5) is 18.0. The summed E-state index contributed by atoms with van der Waals surface area (Å²) < 4.78 is 5.10. The molecule has 122 valence electrons. The summed E-state index contributed by atoms with van der Waals surface area (Å²) in [6.07, 6.45) is 0. The molecular weight excluding hydrogens is 320 g/mol. The van der Waals surface area contributed by atoms with Crippen LogP contribution in [0.3, 0.4) is 0 Å². The van der Waals surface area contributed by atoms with Crippen molar-refractivity contribution < 1.29 is 9.53 Å². The van der Waals surface area contributed by atoms with Crippen LogP contribution in [0.4, 0.5) is 5.13 Å². The van der Waals surface area contributed by atoms with Gasteiger partial charge >= 0.3 is 0 Å². The molecule has 2 aromatic carbocycles. The van der Waals surface area contributed by atoms with Crippen molar-refractivity contribution in [1.29, 1.82) is 0 Å². The van der Waals surface area contributed by atoms with Gasteiger partial charge in [0.25, 0.3) is 5.91 Å². The fraction of sp³-hybridized carbons (Fsp3) is 0.158. The van der Waals surface area contributed by atoms with Gasteiger partial charge in [-0.2, -0.15) is 0 Å². The number of aryl methyl sites for hydroxylation is 2. The highest BCUT2D eigenvalue weighted by Crippen LogP contribution is 2.30. The van der Waals surface area contributed by atoms with Crippen LogP contribution in [0.25, 0.3) is 11.3 Å². The topological polar surface area (TPSA) is 51.2 Å². The number of amides is 1. The van der Waals surface area contributed by atoms with Crippen molar-refractivity contribution in [3.63, 3.8) is 0 Å². The Bertz CT molecular complexity index is 852. The quantitative estimate of drug-likeness (QED) is 0.751. The minimum atomic E-state index is -0.179. The average Bonchev–Trinajstić information content (AvgIpc) is 2.96. The molecular formula is C19H18N2O2S. The number of hydrogen-bond acceptors (Lipinski definition) is 4. The van der Waals surface area contributed by atoms with Crippen LogP contribution in [0, 0.1) is 13.8 Å². The molecule has 0 unspecified atom stereocenters. The maximum absolute atomic E-state index is 12.3. The van der Waals surface area contributed by atoms with E-state index in [2.05, 4.69) is 29.4 Å². The molecule has 5 heteroatoms. The third-order valence-corrected chi connectivity index (χ3v) is 4.58. The number of ether oxygens (including phenoxy) is 1. The molecule has 3 aromatic rings.